The highest BCUT2D eigenvalue weighted by Gasteiger charge is 2.56. The molecule has 0 aliphatic heterocycles. The number of benzene rings is 1. The third-order valence-electron chi connectivity index (χ3n) is 3.78. The van der Waals surface area contributed by atoms with Crippen molar-refractivity contribution in [2.45, 2.75) is 25.7 Å². The molecule has 0 heterocycles. The molecule has 0 bridgehead atoms. The van der Waals surface area contributed by atoms with Crippen molar-refractivity contribution in [2.75, 3.05) is 6.61 Å². The predicted octanol–water partition coefficient (Wildman–Crippen LogP) is 3.25. The van der Waals surface area contributed by atoms with Crippen molar-refractivity contribution in [1.82, 2.24) is 0 Å². The number of aliphatic hydroxyl groups excluding tert-OH is 1. The SMILES string of the molecule is CC(C)C1(c2ccc(Cl)cc2)CC1CO. The van der Waals surface area contributed by atoms with E-state index in [4.69, 9.17) is 11.6 Å². The van der Waals surface area contributed by atoms with Crippen LogP contribution in [0.3, 0.4) is 0 Å². The summed E-state index contributed by atoms with van der Waals surface area (Å²) in [5.41, 5.74) is 1.51. The topological polar surface area (TPSA) is 20.2 Å². The third kappa shape index (κ3) is 1.68. The van der Waals surface area contributed by atoms with Crippen LogP contribution in [0.25, 0.3) is 0 Å². The van der Waals surface area contributed by atoms with E-state index in [0.29, 0.717) is 18.4 Å². The van der Waals surface area contributed by atoms with E-state index >= 15 is 0 Å². The summed E-state index contributed by atoms with van der Waals surface area (Å²) in [6, 6.07) is 8.07. The predicted molar refractivity (Wildman–Crippen MR) is 63.2 cm³/mol. The van der Waals surface area contributed by atoms with Crippen LogP contribution in [-0.2, 0) is 5.41 Å². The molecule has 0 radical (unpaired) electrons. The lowest BCUT2D eigenvalue weighted by molar-refractivity contribution is 0.252. The lowest BCUT2D eigenvalue weighted by atomic mass is 9.83. The first-order valence-electron chi connectivity index (χ1n) is 5.48. The second-order valence-corrected chi connectivity index (χ2v) is 5.22. The van der Waals surface area contributed by atoms with Crippen molar-refractivity contribution >= 4 is 11.6 Å². The molecule has 1 saturated carbocycles. The fourth-order valence-electron chi connectivity index (χ4n) is 2.73. The molecule has 0 saturated heterocycles. The van der Waals surface area contributed by atoms with E-state index in [1.807, 2.05) is 12.1 Å². The van der Waals surface area contributed by atoms with Crippen molar-refractivity contribution in [3.63, 3.8) is 0 Å². The van der Waals surface area contributed by atoms with Crippen molar-refractivity contribution in [3.8, 4) is 0 Å². The molecule has 1 N–H and O–H groups in total. The minimum absolute atomic E-state index is 0.194. The number of aliphatic hydroxyl groups is 1. The van der Waals surface area contributed by atoms with Crippen LogP contribution >= 0.6 is 11.6 Å². The molecule has 1 fully saturated rings. The lowest BCUT2D eigenvalue weighted by Gasteiger charge is -2.22. The Morgan fingerprint density at radius 3 is 2.40 bits per heavy atom. The summed E-state index contributed by atoms with van der Waals surface area (Å²) < 4.78 is 0. The van der Waals surface area contributed by atoms with E-state index in [0.717, 1.165) is 11.4 Å². The van der Waals surface area contributed by atoms with E-state index < -0.39 is 0 Å². The average molecular weight is 225 g/mol. The van der Waals surface area contributed by atoms with Gasteiger partial charge in [-0.2, -0.15) is 0 Å². The van der Waals surface area contributed by atoms with Crippen LogP contribution in [0, 0.1) is 11.8 Å². The molecule has 1 aromatic carbocycles. The number of halogens is 1. The summed E-state index contributed by atoms with van der Waals surface area (Å²) in [4.78, 5) is 0. The molecule has 1 aliphatic carbocycles. The van der Waals surface area contributed by atoms with Crippen molar-refractivity contribution in [1.29, 1.82) is 0 Å². The molecule has 15 heavy (non-hydrogen) atoms. The zero-order valence-corrected chi connectivity index (χ0v) is 9.96. The van der Waals surface area contributed by atoms with Gasteiger partial charge < -0.3 is 5.11 Å². The maximum absolute atomic E-state index is 9.28. The first-order valence-corrected chi connectivity index (χ1v) is 5.86. The molecule has 0 aromatic heterocycles. The van der Waals surface area contributed by atoms with Gasteiger partial charge in [0.05, 0.1) is 0 Å². The summed E-state index contributed by atoms with van der Waals surface area (Å²) in [7, 11) is 0. The molecule has 2 rings (SSSR count). The second kappa shape index (κ2) is 3.80. The third-order valence-corrected chi connectivity index (χ3v) is 4.04. The van der Waals surface area contributed by atoms with Crippen LogP contribution in [0.1, 0.15) is 25.8 Å². The van der Waals surface area contributed by atoms with Gasteiger partial charge in [-0.3, -0.25) is 0 Å². The van der Waals surface area contributed by atoms with Crippen molar-refractivity contribution < 1.29 is 5.11 Å². The van der Waals surface area contributed by atoms with E-state index in [-0.39, 0.29) is 5.41 Å². The molecule has 2 heteroatoms. The minimum Gasteiger partial charge on any atom is -0.396 e. The van der Waals surface area contributed by atoms with E-state index in [9.17, 15) is 5.11 Å². The quantitative estimate of drug-likeness (QED) is 0.836. The molecule has 1 aromatic rings. The maximum Gasteiger partial charge on any atom is 0.0468 e. The van der Waals surface area contributed by atoms with Crippen LogP contribution in [-0.4, -0.2) is 11.7 Å². The molecular weight excluding hydrogens is 208 g/mol. The Balaban J connectivity index is 2.32. The van der Waals surface area contributed by atoms with Crippen LogP contribution < -0.4 is 0 Å². The van der Waals surface area contributed by atoms with Gasteiger partial charge in [0, 0.05) is 17.0 Å². The Bertz CT molecular complexity index is 344. The van der Waals surface area contributed by atoms with Gasteiger partial charge in [0.25, 0.3) is 0 Å². The van der Waals surface area contributed by atoms with Crippen molar-refractivity contribution in [3.05, 3.63) is 34.9 Å². The zero-order chi connectivity index (χ0) is 11.1. The summed E-state index contributed by atoms with van der Waals surface area (Å²) in [5, 5.41) is 10.1. The van der Waals surface area contributed by atoms with Gasteiger partial charge in [-0.25, -0.2) is 0 Å². The van der Waals surface area contributed by atoms with Gasteiger partial charge in [0.1, 0.15) is 0 Å². The van der Waals surface area contributed by atoms with Crippen molar-refractivity contribution in [2.24, 2.45) is 11.8 Å². The maximum atomic E-state index is 9.28. The fraction of sp³-hybridized carbons (Fsp3) is 0.538. The molecule has 2 unspecified atom stereocenters. The van der Waals surface area contributed by atoms with E-state index in [1.54, 1.807) is 0 Å². The summed E-state index contributed by atoms with van der Waals surface area (Å²) >= 11 is 5.88. The molecular formula is C13H17ClO. The number of rotatable bonds is 3. The smallest absolute Gasteiger partial charge is 0.0468 e. The van der Waals surface area contributed by atoms with Gasteiger partial charge in [0.2, 0.25) is 0 Å². The van der Waals surface area contributed by atoms with Gasteiger partial charge in [0.15, 0.2) is 0 Å². The summed E-state index contributed by atoms with van der Waals surface area (Å²) in [6.07, 6.45) is 1.10. The average Bonchev–Trinajstić information content (AvgIpc) is 2.94. The zero-order valence-electron chi connectivity index (χ0n) is 9.20. The summed E-state index contributed by atoms with van der Waals surface area (Å²) in [6.45, 7) is 4.75. The lowest BCUT2D eigenvalue weighted by Crippen LogP contribution is -2.19. The Labute approximate surface area is 96.1 Å². The molecule has 1 aliphatic rings. The highest BCUT2D eigenvalue weighted by molar-refractivity contribution is 6.30. The normalized spacial score (nSPS) is 29.5. The molecule has 0 spiro atoms. The Kier molecular flexibility index (Phi) is 2.78. The first-order chi connectivity index (χ1) is 7.11. The number of hydrogen-bond acceptors (Lipinski definition) is 1. The molecule has 2 atom stereocenters. The largest absolute Gasteiger partial charge is 0.396 e. The Morgan fingerprint density at radius 1 is 1.40 bits per heavy atom. The van der Waals surface area contributed by atoms with Crippen LogP contribution in [0.15, 0.2) is 24.3 Å². The Morgan fingerprint density at radius 2 is 2.00 bits per heavy atom. The number of hydrogen-bond donors (Lipinski definition) is 1. The summed E-state index contributed by atoms with van der Waals surface area (Å²) in [5.74, 6) is 0.995. The fourth-order valence-corrected chi connectivity index (χ4v) is 2.86. The van der Waals surface area contributed by atoms with Crippen LogP contribution in [0.2, 0.25) is 5.02 Å². The first kappa shape index (κ1) is 11.0. The van der Waals surface area contributed by atoms with E-state index in [1.165, 1.54) is 5.56 Å². The molecule has 0 amide bonds. The highest BCUT2D eigenvalue weighted by atomic mass is 35.5. The Hall–Kier alpha value is -0.530. The standard InChI is InChI=1S/C13H17ClO/c1-9(2)13(7-11(13)8-15)10-3-5-12(14)6-4-10/h3-6,9,11,15H,7-8H2,1-2H3. The van der Waals surface area contributed by atoms with Gasteiger partial charge >= 0.3 is 0 Å². The monoisotopic (exact) mass is 224 g/mol. The minimum atomic E-state index is 0.194. The van der Waals surface area contributed by atoms with E-state index in [2.05, 4.69) is 26.0 Å². The van der Waals surface area contributed by atoms with Crippen LogP contribution in [0.5, 0.6) is 0 Å². The van der Waals surface area contributed by atoms with Gasteiger partial charge in [-0.15, -0.1) is 0 Å². The molecule has 1 nitrogen and oxygen atoms in total. The van der Waals surface area contributed by atoms with Gasteiger partial charge in [-0.1, -0.05) is 37.6 Å². The van der Waals surface area contributed by atoms with Crippen LogP contribution in [0.4, 0.5) is 0 Å². The highest BCUT2D eigenvalue weighted by Crippen LogP contribution is 2.58. The molecule has 82 valence electrons. The van der Waals surface area contributed by atoms with Gasteiger partial charge in [-0.05, 0) is 36.0 Å². The second-order valence-electron chi connectivity index (χ2n) is 4.79.